The molecule has 21 heavy (non-hydrogen) atoms. The smallest absolute Gasteiger partial charge is 0.232 e. The summed E-state index contributed by atoms with van der Waals surface area (Å²) < 4.78 is 25.2. The van der Waals surface area contributed by atoms with Gasteiger partial charge in [0.2, 0.25) is 15.9 Å². The zero-order chi connectivity index (χ0) is 15.8. The second kappa shape index (κ2) is 5.33. The lowest BCUT2D eigenvalue weighted by Gasteiger charge is -2.22. The molecule has 1 aliphatic carbocycles. The molecule has 1 aliphatic rings. The lowest BCUT2D eigenvalue weighted by Crippen LogP contribution is -2.32. The van der Waals surface area contributed by atoms with Gasteiger partial charge in [0.05, 0.1) is 11.9 Å². The second-order valence-electron chi connectivity index (χ2n) is 6.54. The first-order valence-electron chi connectivity index (χ1n) is 7.00. The zero-order valence-electron chi connectivity index (χ0n) is 12.9. The van der Waals surface area contributed by atoms with Crippen LogP contribution in [-0.4, -0.2) is 26.6 Å². The van der Waals surface area contributed by atoms with Gasteiger partial charge in [0.15, 0.2) is 0 Å². The number of nitrogens with zero attached hydrogens (tertiary/aromatic N) is 1. The summed E-state index contributed by atoms with van der Waals surface area (Å²) in [5, 5.41) is 2.82. The summed E-state index contributed by atoms with van der Waals surface area (Å²) >= 11 is 0. The van der Waals surface area contributed by atoms with Crippen LogP contribution < -0.4 is 9.62 Å². The summed E-state index contributed by atoms with van der Waals surface area (Å²) in [7, 11) is -3.27. The molecule has 0 aliphatic heterocycles. The van der Waals surface area contributed by atoms with E-state index in [9.17, 15) is 13.2 Å². The summed E-state index contributed by atoms with van der Waals surface area (Å²) in [5.74, 6) is -0.0718. The van der Waals surface area contributed by atoms with E-state index in [1.807, 2.05) is 20.8 Å². The van der Waals surface area contributed by atoms with E-state index in [-0.39, 0.29) is 11.9 Å². The highest BCUT2D eigenvalue weighted by atomic mass is 32.2. The van der Waals surface area contributed by atoms with Crippen LogP contribution in [-0.2, 0) is 14.8 Å². The molecule has 0 saturated heterocycles. The fraction of sp³-hybridized carbons (Fsp3) is 0.533. The highest BCUT2D eigenvalue weighted by molar-refractivity contribution is 7.92. The maximum absolute atomic E-state index is 11.9. The van der Waals surface area contributed by atoms with E-state index in [0.717, 1.165) is 12.8 Å². The van der Waals surface area contributed by atoms with E-state index in [1.165, 1.54) is 10.6 Å². The number of amides is 1. The molecule has 0 radical (unpaired) electrons. The Morgan fingerprint density at radius 3 is 2.10 bits per heavy atom. The number of hydrogen-bond donors (Lipinski definition) is 1. The maximum atomic E-state index is 11.9. The minimum atomic E-state index is -3.27. The third-order valence-corrected chi connectivity index (χ3v) is 4.52. The van der Waals surface area contributed by atoms with E-state index in [1.54, 1.807) is 24.3 Å². The lowest BCUT2D eigenvalue weighted by atomic mass is 9.95. The Bertz CT molecular complexity index is 626. The molecule has 0 heterocycles. The van der Waals surface area contributed by atoms with Crippen LogP contribution in [0.4, 0.5) is 11.4 Å². The first kappa shape index (κ1) is 15.8. The summed E-state index contributed by atoms with van der Waals surface area (Å²) in [5.41, 5.74) is 0.850. The molecule has 6 heteroatoms. The second-order valence-corrected chi connectivity index (χ2v) is 8.40. The van der Waals surface area contributed by atoms with Gasteiger partial charge >= 0.3 is 0 Å². The fourth-order valence-electron chi connectivity index (χ4n) is 1.99. The van der Waals surface area contributed by atoms with Crippen LogP contribution in [0.5, 0.6) is 0 Å². The predicted octanol–water partition coefficient (Wildman–Crippen LogP) is 2.60. The Kier molecular flexibility index (Phi) is 4.02. The molecule has 2 rings (SSSR count). The minimum absolute atomic E-state index is 0.0718. The fourth-order valence-corrected chi connectivity index (χ4v) is 3.25. The molecule has 5 nitrogen and oxygen atoms in total. The van der Waals surface area contributed by atoms with Gasteiger partial charge in [-0.3, -0.25) is 9.10 Å². The molecule has 0 aromatic heterocycles. The van der Waals surface area contributed by atoms with E-state index in [0.29, 0.717) is 11.4 Å². The van der Waals surface area contributed by atoms with Gasteiger partial charge in [-0.2, -0.15) is 0 Å². The Labute approximate surface area is 126 Å². The molecule has 1 N–H and O–H groups in total. The summed E-state index contributed by atoms with van der Waals surface area (Å²) in [4.78, 5) is 11.9. The van der Waals surface area contributed by atoms with E-state index in [2.05, 4.69) is 5.32 Å². The number of carbonyl (C=O) groups excluding carboxylic acids is 1. The van der Waals surface area contributed by atoms with Crippen molar-refractivity contribution in [2.24, 2.45) is 5.41 Å². The van der Waals surface area contributed by atoms with Crippen LogP contribution >= 0.6 is 0 Å². The highest BCUT2D eigenvalue weighted by Gasteiger charge is 2.35. The van der Waals surface area contributed by atoms with Gasteiger partial charge in [-0.15, -0.1) is 0 Å². The molecule has 1 saturated carbocycles. The molecule has 1 aromatic carbocycles. The largest absolute Gasteiger partial charge is 0.326 e. The van der Waals surface area contributed by atoms with Crippen molar-refractivity contribution >= 4 is 27.3 Å². The molecular formula is C15H22N2O3S. The van der Waals surface area contributed by atoms with Crippen LogP contribution in [0.2, 0.25) is 0 Å². The molecule has 116 valence electrons. The quantitative estimate of drug-likeness (QED) is 0.929. The van der Waals surface area contributed by atoms with Gasteiger partial charge in [-0.1, -0.05) is 20.8 Å². The Morgan fingerprint density at radius 1 is 1.19 bits per heavy atom. The number of hydrogen-bond acceptors (Lipinski definition) is 3. The van der Waals surface area contributed by atoms with Crippen LogP contribution in [0, 0.1) is 5.41 Å². The topological polar surface area (TPSA) is 66.5 Å². The number of rotatable bonds is 4. The first-order chi connectivity index (χ1) is 9.59. The van der Waals surface area contributed by atoms with Crippen LogP contribution in [0.1, 0.15) is 33.6 Å². The van der Waals surface area contributed by atoms with E-state index in [4.69, 9.17) is 0 Å². The van der Waals surface area contributed by atoms with Gasteiger partial charge < -0.3 is 5.32 Å². The number of benzene rings is 1. The number of sulfonamides is 1. The van der Waals surface area contributed by atoms with Crippen molar-refractivity contribution in [3.05, 3.63) is 24.3 Å². The monoisotopic (exact) mass is 310 g/mol. The van der Waals surface area contributed by atoms with Crippen LogP contribution in [0.25, 0.3) is 0 Å². The third kappa shape index (κ3) is 3.97. The molecule has 1 fully saturated rings. The Morgan fingerprint density at radius 2 is 1.71 bits per heavy atom. The van der Waals surface area contributed by atoms with Gasteiger partial charge in [0.1, 0.15) is 0 Å². The van der Waals surface area contributed by atoms with E-state index >= 15 is 0 Å². The molecule has 0 bridgehead atoms. The molecule has 0 unspecified atom stereocenters. The van der Waals surface area contributed by atoms with Gasteiger partial charge in [0, 0.05) is 17.1 Å². The van der Waals surface area contributed by atoms with Gasteiger partial charge in [-0.05, 0) is 37.1 Å². The van der Waals surface area contributed by atoms with Crippen molar-refractivity contribution in [1.82, 2.24) is 0 Å². The van der Waals surface area contributed by atoms with Crippen molar-refractivity contribution in [2.75, 3.05) is 15.9 Å². The average molecular weight is 310 g/mol. The highest BCUT2D eigenvalue weighted by Crippen LogP contribution is 2.34. The minimum Gasteiger partial charge on any atom is -0.326 e. The first-order valence-corrected chi connectivity index (χ1v) is 8.85. The summed E-state index contributed by atoms with van der Waals surface area (Å²) in [6.07, 6.45) is 3.02. The standard InChI is InChI=1S/C15H22N2O3S/c1-15(2,3)14(18)16-11-5-7-12(8-6-11)17(13-9-10-13)21(4,19)20/h5-8,13H,9-10H2,1-4H3,(H,16,18). The van der Waals surface area contributed by atoms with Crippen LogP contribution in [0.3, 0.4) is 0 Å². The predicted molar refractivity (Wildman–Crippen MR) is 84.9 cm³/mol. The van der Waals surface area contributed by atoms with Crippen LogP contribution in [0.15, 0.2) is 24.3 Å². The number of nitrogens with one attached hydrogen (secondary N) is 1. The summed E-state index contributed by atoms with van der Waals surface area (Å²) in [6.45, 7) is 5.53. The number of anilines is 2. The normalized spacial score (nSPS) is 15.6. The molecule has 0 atom stereocenters. The van der Waals surface area contributed by atoms with Crippen molar-refractivity contribution in [2.45, 2.75) is 39.7 Å². The molecule has 1 aromatic rings. The Balaban J connectivity index is 2.17. The summed E-state index contributed by atoms with van der Waals surface area (Å²) in [6, 6.07) is 7.02. The Hall–Kier alpha value is -1.56. The van der Waals surface area contributed by atoms with Gasteiger partial charge in [-0.25, -0.2) is 8.42 Å². The third-order valence-electron chi connectivity index (χ3n) is 3.30. The van der Waals surface area contributed by atoms with Crippen molar-refractivity contribution in [3.8, 4) is 0 Å². The molecular weight excluding hydrogens is 288 g/mol. The molecule has 1 amide bonds. The van der Waals surface area contributed by atoms with Gasteiger partial charge in [0.25, 0.3) is 0 Å². The van der Waals surface area contributed by atoms with Crippen molar-refractivity contribution < 1.29 is 13.2 Å². The maximum Gasteiger partial charge on any atom is 0.232 e. The zero-order valence-corrected chi connectivity index (χ0v) is 13.7. The molecule has 0 spiro atoms. The lowest BCUT2D eigenvalue weighted by molar-refractivity contribution is -0.123. The number of carbonyl (C=O) groups is 1. The van der Waals surface area contributed by atoms with Crippen molar-refractivity contribution in [1.29, 1.82) is 0 Å². The SMILES string of the molecule is CC(C)(C)C(=O)Nc1ccc(N(C2CC2)S(C)(=O)=O)cc1. The van der Waals surface area contributed by atoms with Crippen molar-refractivity contribution in [3.63, 3.8) is 0 Å². The average Bonchev–Trinajstić information content (AvgIpc) is 3.13. The van der Waals surface area contributed by atoms with E-state index < -0.39 is 15.4 Å².